The van der Waals surface area contributed by atoms with Gasteiger partial charge in [-0.05, 0) is 106 Å². The number of aryl methyl sites for hydroxylation is 1. The van der Waals surface area contributed by atoms with Gasteiger partial charge in [-0.3, -0.25) is 0 Å². The first-order valence-corrected chi connectivity index (χ1v) is 18.4. The van der Waals surface area contributed by atoms with E-state index in [2.05, 4.69) is 24.3 Å². The van der Waals surface area contributed by atoms with Crippen molar-refractivity contribution in [1.29, 1.82) is 0 Å². The minimum atomic E-state index is -0.878. The second-order valence-electron chi connectivity index (χ2n) is 13.9. The number of aromatic hydroxyl groups is 4. The van der Waals surface area contributed by atoms with Gasteiger partial charge in [0.05, 0.1) is 0 Å². The van der Waals surface area contributed by atoms with Crippen LogP contribution in [0.1, 0.15) is 28.7 Å². The van der Waals surface area contributed by atoms with Crippen molar-refractivity contribution in [3.8, 4) is 67.5 Å². The van der Waals surface area contributed by atoms with E-state index < -0.39 is 5.41 Å². The van der Waals surface area contributed by atoms with Crippen molar-refractivity contribution < 1.29 is 20.4 Å². The molecule has 0 amide bonds. The van der Waals surface area contributed by atoms with E-state index in [-0.39, 0.29) is 23.0 Å². The van der Waals surface area contributed by atoms with Crippen LogP contribution in [-0.4, -0.2) is 20.4 Å². The van der Waals surface area contributed by atoms with E-state index >= 15 is 0 Å². The highest BCUT2D eigenvalue weighted by Crippen LogP contribution is 2.49. The predicted molar refractivity (Wildman–Crippen MR) is 222 cm³/mol. The molecule has 0 bridgehead atoms. The third-order valence-electron chi connectivity index (χ3n) is 10.7. The average Bonchev–Trinajstić information content (AvgIpc) is 3.24. The predicted octanol–water partition coefficient (Wildman–Crippen LogP) is 12.1. The van der Waals surface area contributed by atoms with Crippen LogP contribution in [0.25, 0.3) is 44.5 Å². The van der Waals surface area contributed by atoms with Crippen molar-refractivity contribution in [3.63, 3.8) is 0 Å². The SMILES string of the molecule is Oc1ccc(CCC(c2ccc(O)c(-c3ccccc3)c2)(c2ccc(O)c(-c3ccccc3)c2)c2ccc(O)c(-c3ccccc3)c2)cc1-c1ccccc1. The Morgan fingerprint density at radius 1 is 0.309 bits per heavy atom. The van der Waals surface area contributed by atoms with Crippen LogP contribution in [0.15, 0.2) is 194 Å². The molecule has 0 unspecified atom stereocenters. The van der Waals surface area contributed by atoms with Crippen molar-refractivity contribution in [2.24, 2.45) is 0 Å². The van der Waals surface area contributed by atoms with Gasteiger partial charge in [0.25, 0.3) is 0 Å². The zero-order chi connectivity index (χ0) is 37.8. The van der Waals surface area contributed by atoms with Crippen LogP contribution in [-0.2, 0) is 11.8 Å². The topological polar surface area (TPSA) is 80.9 Å². The van der Waals surface area contributed by atoms with Crippen molar-refractivity contribution in [2.45, 2.75) is 18.3 Å². The largest absolute Gasteiger partial charge is 0.507 e. The lowest BCUT2D eigenvalue weighted by molar-refractivity contribution is 0.474. The normalized spacial score (nSPS) is 11.3. The van der Waals surface area contributed by atoms with Crippen LogP contribution in [0.5, 0.6) is 23.0 Å². The van der Waals surface area contributed by atoms with Gasteiger partial charge in [-0.1, -0.05) is 146 Å². The van der Waals surface area contributed by atoms with E-state index in [1.807, 2.05) is 146 Å². The van der Waals surface area contributed by atoms with Crippen molar-refractivity contribution in [2.75, 3.05) is 0 Å². The third-order valence-corrected chi connectivity index (χ3v) is 10.7. The highest BCUT2D eigenvalue weighted by molar-refractivity contribution is 5.77. The Bertz CT molecular complexity index is 2350. The Morgan fingerprint density at radius 3 is 0.927 bits per heavy atom. The van der Waals surface area contributed by atoms with E-state index in [9.17, 15) is 20.4 Å². The highest BCUT2D eigenvalue weighted by atomic mass is 16.3. The molecule has 0 heterocycles. The molecule has 0 spiro atoms. The molecule has 0 aliphatic rings. The van der Waals surface area contributed by atoms with Crippen LogP contribution in [0.4, 0.5) is 0 Å². The number of hydrogen-bond acceptors (Lipinski definition) is 4. The lowest BCUT2D eigenvalue weighted by atomic mass is 9.65. The summed E-state index contributed by atoms with van der Waals surface area (Å²) in [5, 5.41) is 45.0. The monoisotopic (exact) mass is 716 g/mol. The molecule has 55 heavy (non-hydrogen) atoms. The molecular formula is C51H40O4. The summed E-state index contributed by atoms with van der Waals surface area (Å²) in [6.45, 7) is 0. The number of phenols is 4. The molecule has 4 N–H and O–H groups in total. The van der Waals surface area contributed by atoms with E-state index in [4.69, 9.17) is 0 Å². The van der Waals surface area contributed by atoms with Gasteiger partial charge in [0.15, 0.2) is 0 Å². The van der Waals surface area contributed by atoms with Gasteiger partial charge >= 0.3 is 0 Å². The smallest absolute Gasteiger partial charge is 0.123 e. The summed E-state index contributed by atoms with van der Waals surface area (Å²) in [5.41, 5.74) is 9.37. The molecule has 8 rings (SSSR count). The molecule has 0 saturated carbocycles. The van der Waals surface area contributed by atoms with Crippen molar-refractivity contribution >= 4 is 0 Å². The summed E-state index contributed by atoms with van der Waals surface area (Å²) in [6.07, 6.45) is 1.16. The molecule has 268 valence electrons. The van der Waals surface area contributed by atoms with Crippen LogP contribution >= 0.6 is 0 Å². The number of rotatable bonds is 10. The summed E-state index contributed by atoms with van der Waals surface area (Å²) < 4.78 is 0. The van der Waals surface area contributed by atoms with E-state index in [1.54, 1.807) is 24.3 Å². The van der Waals surface area contributed by atoms with Gasteiger partial charge in [-0.2, -0.15) is 0 Å². The Balaban J connectivity index is 1.40. The third kappa shape index (κ3) is 6.94. The molecule has 0 radical (unpaired) electrons. The van der Waals surface area contributed by atoms with E-state index in [0.29, 0.717) is 29.5 Å². The van der Waals surface area contributed by atoms with Gasteiger partial charge in [0.2, 0.25) is 0 Å². The number of phenolic OH excluding ortho intramolecular Hbond substituents is 4. The molecule has 0 aliphatic carbocycles. The summed E-state index contributed by atoms with van der Waals surface area (Å²) in [5.74, 6) is 0.716. The fourth-order valence-electron chi connectivity index (χ4n) is 7.80. The summed E-state index contributed by atoms with van der Waals surface area (Å²) in [7, 11) is 0. The Kier molecular flexibility index (Phi) is 9.63. The van der Waals surface area contributed by atoms with E-state index in [1.165, 1.54) is 0 Å². The first kappa shape index (κ1) is 35.0. The zero-order valence-electron chi connectivity index (χ0n) is 30.2. The van der Waals surface area contributed by atoms with Crippen LogP contribution < -0.4 is 0 Å². The molecule has 4 heteroatoms. The molecule has 0 aromatic heterocycles. The molecule has 4 nitrogen and oxygen atoms in total. The lowest BCUT2D eigenvalue weighted by Gasteiger charge is -2.37. The fourth-order valence-corrected chi connectivity index (χ4v) is 7.80. The quantitative estimate of drug-likeness (QED) is 0.106. The van der Waals surface area contributed by atoms with Gasteiger partial charge in [0.1, 0.15) is 23.0 Å². The van der Waals surface area contributed by atoms with Gasteiger partial charge in [0, 0.05) is 27.7 Å². The summed E-state index contributed by atoms with van der Waals surface area (Å²) >= 11 is 0. The Hall–Kier alpha value is -7.04. The Labute approximate surface area is 321 Å². The zero-order valence-corrected chi connectivity index (χ0v) is 30.2. The van der Waals surface area contributed by atoms with E-state index in [0.717, 1.165) is 50.1 Å². The minimum Gasteiger partial charge on any atom is -0.507 e. The van der Waals surface area contributed by atoms with Crippen molar-refractivity contribution in [1.82, 2.24) is 0 Å². The minimum absolute atomic E-state index is 0.168. The van der Waals surface area contributed by atoms with Crippen molar-refractivity contribution in [3.05, 3.63) is 216 Å². The number of hydrogen-bond donors (Lipinski definition) is 4. The summed E-state index contributed by atoms with van der Waals surface area (Å²) in [6, 6.07) is 62.7. The molecule has 0 atom stereocenters. The van der Waals surface area contributed by atoms with Gasteiger partial charge in [-0.25, -0.2) is 0 Å². The molecule has 0 fully saturated rings. The first-order valence-electron chi connectivity index (χ1n) is 18.4. The van der Waals surface area contributed by atoms with Crippen LogP contribution in [0.2, 0.25) is 0 Å². The maximum atomic E-state index is 11.3. The van der Waals surface area contributed by atoms with Crippen LogP contribution in [0.3, 0.4) is 0 Å². The highest BCUT2D eigenvalue weighted by Gasteiger charge is 2.38. The van der Waals surface area contributed by atoms with Crippen LogP contribution in [0, 0.1) is 0 Å². The molecule has 0 aliphatic heterocycles. The molecule has 8 aromatic rings. The number of benzene rings is 8. The first-order chi connectivity index (χ1) is 26.9. The van der Waals surface area contributed by atoms with Gasteiger partial charge < -0.3 is 20.4 Å². The second kappa shape index (κ2) is 15.1. The molecule has 0 saturated heterocycles. The maximum Gasteiger partial charge on any atom is 0.123 e. The lowest BCUT2D eigenvalue weighted by Crippen LogP contribution is -2.30. The Morgan fingerprint density at radius 2 is 0.600 bits per heavy atom. The average molecular weight is 717 g/mol. The fraction of sp³-hybridized carbons (Fsp3) is 0.0588. The molecular weight excluding hydrogens is 677 g/mol. The standard InChI is InChI=1S/C51H40O4/c52-47-25-21-35(31-43(47)36-13-5-1-6-14-36)29-30-51(40-22-26-48(53)44(32-40)37-15-7-2-8-16-37,41-23-27-49(54)45(33-41)38-17-9-3-10-18-38)42-24-28-50(55)46(34-42)39-19-11-4-12-20-39/h1-28,31-34,52-55H,29-30H2. The molecule has 8 aromatic carbocycles. The maximum absolute atomic E-state index is 11.3. The van der Waals surface area contributed by atoms with Gasteiger partial charge in [-0.15, -0.1) is 0 Å². The second-order valence-corrected chi connectivity index (χ2v) is 13.9. The summed E-state index contributed by atoms with van der Waals surface area (Å²) in [4.78, 5) is 0.